The molecule has 0 aromatic carbocycles. The zero-order chi connectivity index (χ0) is 13.1. The molecule has 1 atom stereocenters. The van der Waals surface area contributed by atoms with E-state index in [9.17, 15) is 0 Å². The van der Waals surface area contributed by atoms with Gasteiger partial charge in [0.05, 0.1) is 12.8 Å². The second-order valence-electron chi connectivity index (χ2n) is 5.36. The zero-order valence-corrected chi connectivity index (χ0v) is 14.2. The van der Waals surface area contributed by atoms with Crippen LogP contribution in [-0.2, 0) is 6.54 Å². The van der Waals surface area contributed by atoms with Gasteiger partial charge in [0.25, 0.3) is 0 Å². The number of guanidine groups is 1. The molecule has 0 bridgehead atoms. The average molecular weight is 390 g/mol. The highest BCUT2D eigenvalue weighted by atomic mass is 127. The Bertz CT molecular complexity index is 430. The number of aliphatic imine (C=N–C) groups is 1. The molecule has 1 saturated carbocycles. The number of hydrogen-bond acceptors (Lipinski definition) is 3. The van der Waals surface area contributed by atoms with Crippen LogP contribution in [0, 0.1) is 0 Å². The summed E-state index contributed by atoms with van der Waals surface area (Å²) in [5, 5.41) is 6.78. The van der Waals surface area contributed by atoms with Gasteiger partial charge in [-0.1, -0.05) is 0 Å². The maximum atomic E-state index is 5.30. The maximum absolute atomic E-state index is 5.30. The highest BCUT2D eigenvalue weighted by Crippen LogP contribution is 2.29. The SMILES string of the molecule is CN=C(NCc1ccco1)NC1CCN(C2CC2)C1.I. The van der Waals surface area contributed by atoms with Crippen molar-refractivity contribution in [2.24, 2.45) is 4.99 Å². The van der Waals surface area contributed by atoms with E-state index in [2.05, 4.69) is 20.5 Å². The zero-order valence-electron chi connectivity index (χ0n) is 11.8. The largest absolute Gasteiger partial charge is 0.467 e. The molecule has 0 spiro atoms. The Balaban J connectivity index is 0.00000147. The average Bonchev–Trinajstić information content (AvgIpc) is 2.96. The van der Waals surface area contributed by atoms with Gasteiger partial charge in [-0.2, -0.15) is 0 Å². The van der Waals surface area contributed by atoms with Gasteiger partial charge >= 0.3 is 0 Å². The highest BCUT2D eigenvalue weighted by molar-refractivity contribution is 14.0. The molecular weight excluding hydrogens is 367 g/mol. The number of furan rings is 1. The first-order chi connectivity index (χ1) is 9.35. The van der Waals surface area contributed by atoms with Crippen LogP contribution < -0.4 is 10.6 Å². The van der Waals surface area contributed by atoms with Gasteiger partial charge in [0.2, 0.25) is 0 Å². The molecule has 20 heavy (non-hydrogen) atoms. The van der Waals surface area contributed by atoms with Crippen molar-refractivity contribution in [2.45, 2.75) is 37.9 Å². The summed E-state index contributed by atoms with van der Waals surface area (Å²) in [6.45, 7) is 3.04. The molecule has 6 heteroatoms. The van der Waals surface area contributed by atoms with E-state index in [0.29, 0.717) is 12.6 Å². The molecule has 2 N–H and O–H groups in total. The van der Waals surface area contributed by atoms with Crippen LogP contribution in [0.3, 0.4) is 0 Å². The second kappa shape index (κ2) is 7.31. The molecule has 1 saturated heterocycles. The van der Waals surface area contributed by atoms with Crippen molar-refractivity contribution in [3.05, 3.63) is 24.2 Å². The van der Waals surface area contributed by atoms with E-state index in [-0.39, 0.29) is 24.0 Å². The Kier molecular flexibility index (Phi) is 5.71. The van der Waals surface area contributed by atoms with E-state index in [1.165, 1.54) is 25.8 Å². The monoisotopic (exact) mass is 390 g/mol. The first-order valence-electron chi connectivity index (χ1n) is 7.09. The first kappa shape index (κ1) is 15.6. The fourth-order valence-corrected chi connectivity index (χ4v) is 2.65. The Hall–Kier alpha value is -0.760. The van der Waals surface area contributed by atoms with Gasteiger partial charge in [0.15, 0.2) is 5.96 Å². The number of likely N-dealkylation sites (tertiary alicyclic amines) is 1. The van der Waals surface area contributed by atoms with E-state index < -0.39 is 0 Å². The standard InChI is InChI=1S/C14H22N4O.HI/c1-15-14(16-9-13-3-2-8-19-13)17-11-6-7-18(10-11)12-4-5-12;/h2-3,8,11-12H,4-7,9-10H2,1H3,(H2,15,16,17);1H. The van der Waals surface area contributed by atoms with Gasteiger partial charge in [0, 0.05) is 32.2 Å². The van der Waals surface area contributed by atoms with Crippen LogP contribution in [0.4, 0.5) is 0 Å². The molecule has 1 aliphatic heterocycles. The van der Waals surface area contributed by atoms with Crippen LogP contribution in [0.25, 0.3) is 0 Å². The molecule has 1 aromatic rings. The summed E-state index contributed by atoms with van der Waals surface area (Å²) in [6.07, 6.45) is 5.67. The van der Waals surface area contributed by atoms with Crippen molar-refractivity contribution in [3.63, 3.8) is 0 Å². The van der Waals surface area contributed by atoms with Gasteiger partial charge in [-0.05, 0) is 31.4 Å². The fourth-order valence-electron chi connectivity index (χ4n) is 2.65. The fraction of sp³-hybridized carbons (Fsp3) is 0.643. The lowest BCUT2D eigenvalue weighted by Crippen LogP contribution is -2.44. The Morgan fingerprint density at radius 3 is 2.95 bits per heavy atom. The molecular formula is C14H23IN4O. The maximum Gasteiger partial charge on any atom is 0.191 e. The van der Waals surface area contributed by atoms with Crippen LogP contribution in [-0.4, -0.2) is 43.1 Å². The summed E-state index contributed by atoms with van der Waals surface area (Å²) in [4.78, 5) is 6.87. The summed E-state index contributed by atoms with van der Waals surface area (Å²) >= 11 is 0. The van der Waals surface area contributed by atoms with Gasteiger partial charge in [-0.15, -0.1) is 24.0 Å². The van der Waals surface area contributed by atoms with E-state index >= 15 is 0 Å². The van der Waals surface area contributed by atoms with Gasteiger partial charge in [0.1, 0.15) is 5.76 Å². The minimum atomic E-state index is 0. The van der Waals surface area contributed by atoms with Crippen molar-refractivity contribution in [2.75, 3.05) is 20.1 Å². The Morgan fingerprint density at radius 2 is 2.30 bits per heavy atom. The van der Waals surface area contributed by atoms with Crippen molar-refractivity contribution in [1.82, 2.24) is 15.5 Å². The molecule has 2 aliphatic rings. The number of hydrogen-bond donors (Lipinski definition) is 2. The lowest BCUT2D eigenvalue weighted by molar-refractivity contribution is 0.321. The summed E-state index contributed by atoms with van der Waals surface area (Å²) in [6, 6.07) is 5.25. The number of nitrogens with one attached hydrogen (secondary N) is 2. The summed E-state index contributed by atoms with van der Waals surface area (Å²) in [5.74, 6) is 1.79. The highest BCUT2D eigenvalue weighted by Gasteiger charge is 2.34. The van der Waals surface area contributed by atoms with Crippen molar-refractivity contribution in [3.8, 4) is 0 Å². The molecule has 5 nitrogen and oxygen atoms in total. The second-order valence-corrected chi connectivity index (χ2v) is 5.36. The van der Waals surface area contributed by atoms with Crippen LogP contribution in [0.15, 0.2) is 27.8 Å². The Morgan fingerprint density at radius 1 is 1.45 bits per heavy atom. The molecule has 3 rings (SSSR count). The smallest absolute Gasteiger partial charge is 0.191 e. The third-order valence-electron chi connectivity index (χ3n) is 3.86. The quantitative estimate of drug-likeness (QED) is 0.468. The Labute approximate surface area is 137 Å². The predicted octanol–water partition coefficient (Wildman–Crippen LogP) is 1.80. The van der Waals surface area contributed by atoms with E-state index in [1.807, 2.05) is 19.2 Å². The minimum absolute atomic E-state index is 0. The van der Waals surface area contributed by atoms with Gasteiger partial charge in [-0.25, -0.2) is 0 Å². The van der Waals surface area contributed by atoms with E-state index in [0.717, 1.165) is 24.3 Å². The van der Waals surface area contributed by atoms with Gasteiger partial charge < -0.3 is 15.1 Å². The minimum Gasteiger partial charge on any atom is -0.467 e. The normalized spacial score (nSPS) is 23.4. The summed E-state index contributed by atoms with van der Waals surface area (Å²) in [7, 11) is 1.81. The lowest BCUT2D eigenvalue weighted by Gasteiger charge is -2.18. The van der Waals surface area contributed by atoms with Crippen molar-refractivity contribution in [1.29, 1.82) is 0 Å². The van der Waals surface area contributed by atoms with Crippen LogP contribution in [0.5, 0.6) is 0 Å². The van der Waals surface area contributed by atoms with Crippen LogP contribution in [0.2, 0.25) is 0 Å². The molecule has 112 valence electrons. The topological polar surface area (TPSA) is 52.8 Å². The molecule has 2 fully saturated rings. The summed E-state index contributed by atoms with van der Waals surface area (Å²) < 4.78 is 5.30. The molecule has 0 radical (unpaired) electrons. The molecule has 2 heterocycles. The molecule has 1 unspecified atom stereocenters. The number of nitrogens with zero attached hydrogens (tertiary/aromatic N) is 2. The molecule has 1 aliphatic carbocycles. The lowest BCUT2D eigenvalue weighted by atomic mass is 10.3. The molecule has 0 amide bonds. The predicted molar refractivity (Wildman–Crippen MR) is 90.5 cm³/mol. The van der Waals surface area contributed by atoms with Crippen LogP contribution >= 0.6 is 24.0 Å². The first-order valence-corrected chi connectivity index (χ1v) is 7.09. The molecule has 1 aromatic heterocycles. The number of halogens is 1. The van der Waals surface area contributed by atoms with Crippen molar-refractivity contribution >= 4 is 29.9 Å². The van der Waals surface area contributed by atoms with E-state index in [1.54, 1.807) is 6.26 Å². The number of rotatable bonds is 4. The summed E-state index contributed by atoms with van der Waals surface area (Å²) in [5.41, 5.74) is 0. The van der Waals surface area contributed by atoms with E-state index in [4.69, 9.17) is 4.42 Å². The van der Waals surface area contributed by atoms with Crippen molar-refractivity contribution < 1.29 is 4.42 Å². The van der Waals surface area contributed by atoms with Crippen LogP contribution in [0.1, 0.15) is 25.0 Å². The third kappa shape index (κ3) is 4.12. The van der Waals surface area contributed by atoms with Gasteiger partial charge in [-0.3, -0.25) is 9.89 Å². The third-order valence-corrected chi connectivity index (χ3v) is 3.86.